The lowest BCUT2D eigenvalue weighted by molar-refractivity contribution is -0.275. The number of halogens is 7. The van der Waals surface area contributed by atoms with Gasteiger partial charge in [0, 0.05) is 40.8 Å². The Morgan fingerprint density at radius 2 is 1.81 bits per heavy atom. The molecular formula is C20H16F7N3O2. The summed E-state index contributed by atoms with van der Waals surface area (Å²) in [6.45, 7) is 3.56. The maximum atomic E-state index is 13.8. The number of hydrogen-bond donors (Lipinski definition) is 2. The molecule has 1 aliphatic carbocycles. The lowest BCUT2D eigenvalue weighted by Crippen LogP contribution is -2.34. The van der Waals surface area contributed by atoms with Crippen LogP contribution in [-0.4, -0.2) is 22.3 Å². The van der Waals surface area contributed by atoms with E-state index in [1.54, 1.807) is 13.8 Å². The van der Waals surface area contributed by atoms with Gasteiger partial charge in [-0.25, -0.2) is 4.39 Å². The Morgan fingerprint density at radius 1 is 1.12 bits per heavy atom. The minimum Gasteiger partial charge on any atom is -0.405 e. The molecule has 32 heavy (non-hydrogen) atoms. The van der Waals surface area contributed by atoms with E-state index in [1.165, 1.54) is 0 Å². The number of Topliss-reactive ketones (excluding diaryl/α,β-unsaturated/α-hetero) is 1. The molecule has 0 amide bonds. The molecule has 0 spiro atoms. The quantitative estimate of drug-likeness (QED) is 0.564. The van der Waals surface area contributed by atoms with Gasteiger partial charge in [0.15, 0.2) is 11.6 Å². The summed E-state index contributed by atoms with van der Waals surface area (Å²) in [6.07, 6.45) is -9.97. The first-order valence-electron chi connectivity index (χ1n) is 9.40. The number of ether oxygens (including phenoxy) is 1. The van der Waals surface area contributed by atoms with E-state index in [9.17, 15) is 35.5 Å². The number of rotatable bonds is 2. The number of carbonyl (C=O) groups excluding carboxylic acids is 1. The summed E-state index contributed by atoms with van der Waals surface area (Å²) < 4.78 is 97.8. The third-order valence-corrected chi connectivity index (χ3v) is 5.37. The lowest BCUT2D eigenvalue weighted by atomic mass is 9.69. The van der Waals surface area contributed by atoms with E-state index in [1.807, 2.05) is 5.10 Å². The Morgan fingerprint density at radius 3 is 2.44 bits per heavy atom. The van der Waals surface area contributed by atoms with Gasteiger partial charge in [-0.3, -0.25) is 9.89 Å². The highest BCUT2D eigenvalue weighted by molar-refractivity contribution is 6.01. The maximum absolute atomic E-state index is 13.8. The number of carbonyl (C=O) groups is 1. The molecule has 5 nitrogen and oxygen atoms in total. The van der Waals surface area contributed by atoms with Gasteiger partial charge < -0.3 is 10.1 Å². The van der Waals surface area contributed by atoms with Gasteiger partial charge in [-0.05, 0) is 17.9 Å². The van der Waals surface area contributed by atoms with E-state index in [4.69, 9.17) is 0 Å². The van der Waals surface area contributed by atoms with Gasteiger partial charge in [0.1, 0.15) is 17.3 Å². The molecule has 1 aromatic heterocycles. The molecule has 2 heterocycles. The summed E-state index contributed by atoms with van der Waals surface area (Å²) in [4.78, 5) is 13.0. The van der Waals surface area contributed by atoms with Gasteiger partial charge in [-0.1, -0.05) is 19.9 Å². The van der Waals surface area contributed by atoms with Crippen LogP contribution >= 0.6 is 0 Å². The zero-order valence-electron chi connectivity index (χ0n) is 16.6. The first kappa shape index (κ1) is 22.2. The van der Waals surface area contributed by atoms with Crippen LogP contribution in [0.2, 0.25) is 0 Å². The fourth-order valence-corrected chi connectivity index (χ4v) is 4.28. The molecule has 12 heteroatoms. The second kappa shape index (κ2) is 6.97. The summed E-state index contributed by atoms with van der Waals surface area (Å²) >= 11 is 0. The molecule has 0 radical (unpaired) electrons. The molecule has 0 bridgehead atoms. The fraction of sp³-hybridized carbons (Fsp3) is 0.400. The number of H-pyrrole nitrogens is 1. The smallest absolute Gasteiger partial charge is 0.405 e. The molecule has 2 aromatic rings. The number of alkyl halides is 6. The van der Waals surface area contributed by atoms with Crippen LogP contribution in [0.3, 0.4) is 0 Å². The van der Waals surface area contributed by atoms with Gasteiger partial charge in [-0.15, -0.1) is 13.2 Å². The molecule has 0 saturated heterocycles. The fourth-order valence-electron chi connectivity index (χ4n) is 4.28. The van der Waals surface area contributed by atoms with Crippen molar-refractivity contribution < 1.29 is 40.3 Å². The molecule has 1 aliphatic heterocycles. The number of allylic oxidation sites excluding steroid dienone is 2. The van der Waals surface area contributed by atoms with Crippen molar-refractivity contribution in [1.82, 2.24) is 10.2 Å². The van der Waals surface area contributed by atoms with Crippen LogP contribution < -0.4 is 10.1 Å². The highest BCUT2D eigenvalue weighted by atomic mass is 19.4. The van der Waals surface area contributed by atoms with Gasteiger partial charge in [0.2, 0.25) is 0 Å². The monoisotopic (exact) mass is 463 g/mol. The Balaban J connectivity index is 2.00. The van der Waals surface area contributed by atoms with E-state index in [0.29, 0.717) is 6.07 Å². The predicted octanol–water partition coefficient (Wildman–Crippen LogP) is 5.67. The van der Waals surface area contributed by atoms with E-state index in [2.05, 4.69) is 15.2 Å². The van der Waals surface area contributed by atoms with E-state index < -0.39 is 58.0 Å². The molecule has 2 aliphatic rings. The average Bonchev–Trinajstić information content (AvgIpc) is 3.01. The SMILES string of the molecule is CC1(C)CC(=O)C2=C(C1)Nc1n[nH]c(C(F)(F)F)c1C2c1ccc(F)cc1OC(F)(F)F. The molecule has 4 rings (SSSR count). The Labute approximate surface area is 176 Å². The number of anilines is 1. The third-order valence-electron chi connectivity index (χ3n) is 5.37. The highest BCUT2D eigenvalue weighted by Gasteiger charge is 2.48. The minimum atomic E-state index is -5.24. The average molecular weight is 463 g/mol. The normalized spacial score (nSPS) is 20.5. The van der Waals surface area contributed by atoms with Crippen LogP contribution in [0.4, 0.5) is 36.6 Å². The number of aromatic nitrogens is 2. The van der Waals surface area contributed by atoms with Crippen LogP contribution in [0.15, 0.2) is 29.5 Å². The van der Waals surface area contributed by atoms with E-state index in [0.717, 1.165) is 12.1 Å². The van der Waals surface area contributed by atoms with Crippen LogP contribution in [-0.2, 0) is 11.0 Å². The highest BCUT2D eigenvalue weighted by Crippen LogP contribution is 2.53. The van der Waals surface area contributed by atoms with Gasteiger partial charge in [-0.2, -0.15) is 18.3 Å². The zero-order chi connectivity index (χ0) is 23.6. The number of aromatic amines is 1. The first-order chi connectivity index (χ1) is 14.7. The van der Waals surface area contributed by atoms with Crippen molar-refractivity contribution in [2.24, 2.45) is 5.41 Å². The summed E-state index contributed by atoms with van der Waals surface area (Å²) in [5.41, 5.74) is -2.71. The predicted molar refractivity (Wildman–Crippen MR) is 97.2 cm³/mol. The molecule has 2 N–H and O–H groups in total. The Bertz CT molecular complexity index is 1130. The van der Waals surface area contributed by atoms with Crippen LogP contribution in [0, 0.1) is 11.2 Å². The molecule has 1 unspecified atom stereocenters. The molecule has 0 fully saturated rings. The summed E-state index contributed by atoms with van der Waals surface area (Å²) in [5, 5.41) is 8.25. The minimum absolute atomic E-state index is 0.0325. The molecule has 1 aromatic carbocycles. The Hall–Kier alpha value is -3.05. The number of fused-ring (bicyclic) bond motifs is 1. The maximum Gasteiger partial charge on any atom is 0.573 e. The van der Waals surface area contributed by atoms with Crippen LogP contribution in [0.5, 0.6) is 5.75 Å². The largest absolute Gasteiger partial charge is 0.573 e. The third kappa shape index (κ3) is 3.93. The second-order valence-electron chi connectivity index (χ2n) is 8.48. The van der Waals surface area contributed by atoms with Crippen molar-refractivity contribution in [2.75, 3.05) is 5.32 Å². The molecule has 1 atom stereocenters. The van der Waals surface area contributed by atoms with Crippen molar-refractivity contribution in [3.8, 4) is 5.75 Å². The summed E-state index contributed by atoms with van der Waals surface area (Å²) in [5.74, 6) is -4.52. The van der Waals surface area contributed by atoms with Gasteiger partial charge in [0.25, 0.3) is 0 Å². The first-order valence-corrected chi connectivity index (χ1v) is 9.40. The Kier molecular flexibility index (Phi) is 4.83. The van der Waals surface area contributed by atoms with Crippen molar-refractivity contribution in [3.63, 3.8) is 0 Å². The van der Waals surface area contributed by atoms with Crippen molar-refractivity contribution >= 4 is 11.6 Å². The van der Waals surface area contributed by atoms with E-state index in [-0.39, 0.29) is 29.9 Å². The molecular weight excluding hydrogens is 447 g/mol. The lowest BCUT2D eigenvalue weighted by Gasteiger charge is -2.38. The van der Waals surface area contributed by atoms with Crippen molar-refractivity contribution in [1.29, 1.82) is 0 Å². The van der Waals surface area contributed by atoms with Crippen LogP contribution in [0.25, 0.3) is 0 Å². The number of benzene rings is 1. The zero-order valence-corrected chi connectivity index (χ0v) is 16.6. The van der Waals surface area contributed by atoms with Gasteiger partial charge >= 0.3 is 12.5 Å². The van der Waals surface area contributed by atoms with Crippen molar-refractivity contribution in [2.45, 2.75) is 45.1 Å². The molecule has 0 saturated carbocycles. The standard InChI is InChI=1S/C20H16F7N3O2/c1-18(2)6-10-14(11(31)7-18)13(15-16(19(22,23)24)29-30-17(15)28-10)9-4-3-8(21)5-12(9)32-20(25,26)27/h3-5,13H,6-7H2,1-2H3,(H2,28,29,30). The van der Waals surface area contributed by atoms with Crippen molar-refractivity contribution in [3.05, 3.63) is 52.1 Å². The number of nitrogens with zero attached hydrogens (tertiary/aromatic N) is 1. The van der Waals surface area contributed by atoms with Gasteiger partial charge in [0.05, 0.1) is 0 Å². The van der Waals surface area contributed by atoms with E-state index >= 15 is 0 Å². The summed E-state index contributed by atoms with van der Waals surface area (Å²) in [7, 11) is 0. The summed E-state index contributed by atoms with van der Waals surface area (Å²) in [6, 6.07) is 2.11. The molecule has 172 valence electrons. The number of hydrogen-bond acceptors (Lipinski definition) is 4. The topological polar surface area (TPSA) is 67.0 Å². The number of nitrogens with one attached hydrogen (secondary N) is 2. The second-order valence-corrected chi connectivity index (χ2v) is 8.48. The van der Waals surface area contributed by atoms with Crippen LogP contribution in [0.1, 0.15) is 49.4 Å². The number of ketones is 1.